The fourth-order valence-electron chi connectivity index (χ4n) is 3.47. The number of aliphatic imine (C=N–C) groups is 1. The van der Waals surface area contributed by atoms with Crippen molar-refractivity contribution in [1.82, 2.24) is 5.32 Å². The standard InChI is InChI=1S/C23H26N2O/c1-4-12-20(5-2)26-17-21-24-22(18-13-8-6-9-14-18)23(3,25-21)19-15-10-7-11-16-19/h2,6-11,13-16,20,22H,4,12,17H2,1,3H3,(H,24,25)/t20?,22-,23+/m1/s1. The molecule has 0 saturated carbocycles. The van der Waals surface area contributed by atoms with Crippen LogP contribution in [0.3, 0.4) is 0 Å². The molecule has 0 aliphatic carbocycles. The first-order valence-corrected chi connectivity index (χ1v) is 9.20. The number of nitrogens with zero attached hydrogens (tertiary/aromatic N) is 1. The van der Waals surface area contributed by atoms with Gasteiger partial charge >= 0.3 is 0 Å². The van der Waals surface area contributed by atoms with Crippen molar-refractivity contribution < 1.29 is 4.74 Å². The molecule has 26 heavy (non-hydrogen) atoms. The average Bonchev–Trinajstić information content (AvgIpc) is 3.04. The van der Waals surface area contributed by atoms with Crippen LogP contribution in [0.4, 0.5) is 0 Å². The summed E-state index contributed by atoms with van der Waals surface area (Å²) in [6, 6.07) is 20.8. The first kappa shape index (κ1) is 18.2. The van der Waals surface area contributed by atoms with Crippen LogP contribution in [0.2, 0.25) is 0 Å². The lowest BCUT2D eigenvalue weighted by molar-refractivity contribution is 0.115. The molecule has 1 unspecified atom stereocenters. The molecule has 1 aliphatic rings. The molecule has 2 aromatic carbocycles. The van der Waals surface area contributed by atoms with E-state index in [4.69, 9.17) is 16.2 Å². The van der Waals surface area contributed by atoms with E-state index in [2.05, 4.69) is 73.6 Å². The van der Waals surface area contributed by atoms with Gasteiger partial charge in [0.05, 0.1) is 5.54 Å². The SMILES string of the molecule is C#CC(CCC)OCC1=N[C@H](c2ccccc2)[C@](C)(c2ccccc2)N1. The second kappa shape index (κ2) is 8.21. The van der Waals surface area contributed by atoms with Gasteiger partial charge in [0, 0.05) is 0 Å². The maximum absolute atomic E-state index is 5.90. The van der Waals surface area contributed by atoms with E-state index in [1.54, 1.807) is 0 Å². The quantitative estimate of drug-likeness (QED) is 0.751. The van der Waals surface area contributed by atoms with Crippen molar-refractivity contribution in [3.63, 3.8) is 0 Å². The second-order valence-corrected chi connectivity index (χ2v) is 6.84. The highest BCUT2D eigenvalue weighted by molar-refractivity contribution is 5.87. The number of ether oxygens (including phenoxy) is 1. The van der Waals surface area contributed by atoms with Gasteiger partial charge in [0.25, 0.3) is 0 Å². The molecule has 3 heteroatoms. The smallest absolute Gasteiger partial charge is 0.124 e. The molecule has 0 spiro atoms. The Morgan fingerprint density at radius 3 is 2.42 bits per heavy atom. The van der Waals surface area contributed by atoms with Gasteiger partial charge in [0.2, 0.25) is 0 Å². The maximum atomic E-state index is 5.90. The highest BCUT2D eigenvalue weighted by atomic mass is 16.5. The fraction of sp³-hybridized carbons (Fsp3) is 0.348. The van der Waals surface area contributed by atoms with Crippen molar-refractivity contribution in [2.24, 2.45) is 4.99 Å². The Balaban J connectivity index is 1.86. The first-order chi connectivity index (χ1) is 12.7. The van der Waals surface area contributed by atoms with Gasteiger partial charge in [-0.2, -0.15) is 0 Å². The predicted molar refractivity (Wildman–Crippen MR) is 107 cm³/mol. The number of hydrogen-bond acceptors (Lipinski definition) is 3. The van der Waals surface area contributed by atoms with Gasteiger partial charge in [-0.15, -0.1) is 6.42 Å². The van der Waals surface area contributed by atoms with Crippen LogP contribution in [0.25, 0.3) is 0 Å². The van der Waals surface area contributed by atoms with Crippen molar-refractivity contribution in [2.45, 2.75) is 44.4 Å². The van der Waals surface area contributed by atoms with Crippen LogP contribution in [0.5, 0.6) is 0 Å². The summed E-state index contributed by atoms with van der Waals surface area (Å²) in [5.74, 6) is 3.57. The van der Waals surface area contributed by atoms with Gasteiger partial charge in [-0.25, -0.2) is 0 Å². The van der Waals surface area contributed by atoms with Crippen molar-refractivity contribution >= 4 is 5.84 Å². The van der Waals surface area contributed by atoms with Crippen molar-refractivity contribution in [3.05, 3.63) is 71.8 Å². The Hall–Kier alpha value is -2.57. The first-order valence-electron chi connectivity index (χ1n) is 9.20. The number of terminal acetylenes is 1. The number of amidine groups is 1. The Morgan fingerprint density at radius 1 is 1.15 bits per heavy atom. The van der Waals surface area contributed by atoms with Gasteiger partial charge in [0.15, 0.2) is 0 Å². The van der Waals surface area contributed by atoms with Gasteiger partial charge in [-0.3, -0.25) is 4.99 Å². The molecule has 1 heterocycles. The molecule has 0 aromatic heterocycles. The lowest BCUT2D eigenvalue weighted by atomic mass is 9.82. The van der Waals surface area contributed by atoms with Crippen LogP contribution >= 0.6 is 0 Å². The normalized spacial score (nSPS) is 23.0. The molecule has 1 N–H and O–H groups in total. The Morgan fingerprint density at radius 2 is 1.81 bits per heavy atom. The van der Waals surface area contributed by atoms with Crippen LogP contribution < -0.4 is 5.32 Å². The van der Waals surface area contributed by atoms with E-state index in [1.165, 1.54) is 11.1 Å². The zero-order valence-electron chi connectivity index (χ0n) is 15.5. The van der Waals surface area contributed by atoms with Crippen molar-refractivity contribution in [3.8, 4) is 12.3 Å². The molecule has 1 aliphatic heterocycles. The Labute approximate surface area is 156 Å². The number of hydrogen-bond donors (Lipinski definition) is 1. The summed E-state index contributed by atoms with van der Waals surface area (Å²) in [4.78, 5) is 4.97. The third-order valence-electron chi connectivity index (χ3n) is 4.88. The molecule has 0 saturated heterocycles. The monoisotopic (exact) mass is 346 g/mol. The van der Waals surface area contributed by atoms with Gasteiger partial charge < -0.3 is 10.1 Å². The van der Waals surface area contributed by atoms with Crippen LogP contribution in [-0.4, -0.2) is 18.5 Å². The van der Waals surface area contributed by atoms with E-state index in [9.17, 15) is 0 Å². The molecular formula is C23H26N2O. The molecular weight excluding hydrogens is 320 g/mol. The van der Waals surface area contributed by atoms with E-state index in [1.807, 2.05) is 12.1 Å². The summed E-state index contributed by atoms with van der Waals surface area (Å²) in [5.41, 5.74) is 2.07. The second-order valence-electron chi connectivity index (χ2n) is 6.84. The summed E-state index contributed by atoms with van der Waals surface area (Å²) in [6.07, 6.45) is 7.27. The third kappa shape index (κ3) is 3.81. The van der Waals surface area contributed by atoms with E-state index >= 15 is 0 Å². The zero-order chi connectivity index (χ0) is 18.4. The zero-order valence-corrected chi connectivity index (χ0v) is 15.5. The van der Waals surface area contributed by atoms with E-state index in [-0.39, 0.29) is 17.7 Å². The van der Waals surface area contributed by atoms with Crippen LogP contribution in [0.15, 0.2) is 65.7 Å². The number of nitrogens with one attached hydrogen (secondary N) is 1. The van der Waals surface area contributed by atoms with Crippen LogP contribution in [0, 0.1) is 12.3 Å². The van der Waals surface area contributed by atoms with E-state index < -0.39 is 0 Å². The molecule has 3 atom stereocenters. The van der Waals surface area contributed by atoms with Gasteiger partial charge in [-0.05, 0) is 24.5 Å². The largest absolute Gasteiger partial charge is 0.360 e. The summed E-state index contributed by atoms with van der Waals surface area (Å²) < 4.78 is 5.90. The minimum Gasteiger partial charge on any atom is -0.360 e. The summed E-state index contributed by atoms with van der Waals surface area (Å²) in [6.45, 7) is 4.71. The fourth-order valence-corrected chi connectivity index (χ4v) is 3.47. The minimum atomic E-state index is -0.322. The van der Waals surface area contributed by atoms with Crippen LogP contribution in [0.1, 0.15) is 43.9 Å². The molecule has 0 amide bonds. The van der Waals surface area contributed by atoms with Gasteiger partial charge in [0.1, 0.15) is 24.6 Å². The maximum Gasteiger partial charge on any atom is 0.124 e. The summed E-state index contributed by atoms with van der Waals surface area (Å²) in [7, 11) is 0. The van der Waals surface area contributed by atoms with E-state index in [0.717, 1.165) is 18.7 Å². The third-order valence-corrected chi connectivity index (χ3v) is 4.88. The van der Waals surface area contributed by atoms with Crippen LogP contribution in [-0.2, 0) is 10.3 Å². The molecule has 0 radical (unpaired) electrons. The Bertz CT molecular complexity index is 779. The van der Waals surface area contributed by atoms with Crippen molar-refractivity contribution in [2.75, 3.05) is 6.61 Å². The molecule has 3 nitrogen and oxygen atoms in total. The number of rotatable bonds is 7. The van der Waals surface area contributed by atoms with Gasteiger partial charge in [-0.1, -0.05) is 79.9 Å². The molecule has 2 aromatic rings. The lowest BCUT2D eigenvalue weighted by Crippen LogP contribution is -2.43. The minimum absolute atomic E-state index is 0.0137. The summed E-state index contributed by atoms with van der Waals surface area (Å²) in [5, 5.41) is 3.61. The van der Waals surface area contributed by atoms with E-state index in [0.29, 0.717) is 6.61 Å². The molecule has 0 bridgehead atoms. The lowest BCUT2D eigenvalue weighted by Gasteiger charge is -2.32. The highest BCUT2D eigenvalue weighted by Crippen LogP contribution is 2.41. The molecule has 3 rings (SSSR count). The number of benzene rings is 2. The molecule has 0 fully saturated rings. The van der Waals surface area contributed by atoms with Crippen molar-refractivity contribution in [1.29, 1.82) is 0 Å². The average molecular weight is 346 g/mol. The summed E-state index contributed by atoms with van der Waals surface area (Å²) >= 11 is 0. The molecule has 134 valence electrons. The Kier molecular flexibility index (Phi) is 5.75. The topological polar surface area (TPSA) is 33.6 Å². The highest BCUT2D eigenvalue weighted by Gasteiger charge is 2.42. The predicted octanol–water partition coefficient (Wildman–Crippen LogP) is 4.46.